The van der Waals surface area contributed by atoms with E-state index in [0.717, 1.165) is 33.6 Å². The molecule has 2 aromatic carbocycles. The van der Waals surface area contributed by atoms with Gasteiger partial charge >= 0.3 is 12.2 Å². The van der Waals surface area contributed by atoms with E-state index in [2.05, 4.69) is 15.2 Å². The Bertz CT molecular complexity index is 1460. The standard InChI is InChI=1S/C27H30ClFN4O5S/c1-14-18-13-37-12-16-11-33(26(35)36)8-7-32(16)10-15(18)9-19(28)21(14)17-5-6-20(29)23-22(17)30-24(39-23)31-25(34)38-27(2,3)4/h5-6,9,16H,7-8,10-13H2,1-4H3,(H,35,36)(H,30,31,34)/t16-/m1/s1. The molecule has 1 fully saturated rings. The quantitative estimate of drug-likeness (QED) is 0.379. The van der Waals surface area contributed by atoms with Gasteiger partial charge in [-0.1, -0.05) is 22.9 Å². The molecule has 39 heavy (non-hydrogen) atoms. The number of hydrogen-bond donors (Lipinski definition) is 2. The smallest absolute Gasteiger partial charge is 0.413 e. The Morgan fingerprint density at radius 3 is 2.79 bits per heavy atom. The minimum absolute atomic E-state index is 0.0376. The van der Waals surface area contributed by atoms with E-state index in [4.69, 9.17) is 21.1 Å². The van der Waals surface area contributed by atoms with Gasteiger partial charge < -0.3 is 19.5 Å². The van der Waals surface area contributed by atoms with Crippen LogP contribution in [0.5, 0.6) is 0 Å². The van der Waals surface area contributed by atoms with Gasteiger partial charge in [0.15, 0.2) is 5.13 Å². The second-order valence-electron chi connectivity index (χ2n) is 10.8. The molecule has 2 amide bonds. The summed E-state index contributed by atoms with van der Waals surface area (Å²) in [5, 5.41) is 12.7. The number of ether oxygens (including phenoxy) is 2. The summed E-state index contributed by atoms with van der Waals surface area (Å²) >= 11 is 7.92. The zero-order valence-corrected chi connectivity index (χ0v) is 23.7. The maximum Gasteiger partial charge on any atom is 0.413 e. The van der Waals surface area contributed by atoms with Gasteiger partial charge in [0.2, 0.25) is 0 Å². The molecule has 12 heteroatoms. The Kier molecular flexibility index (Phi) is 7.45. The number of nitrogens with one attached hydrogen (secondary N) is 1. The zero-order chi connectivity index (χ0) is 28.1. The van der Waals surface area contributed by atoms with E-state index in [1.165, 1.54) is 11.0 Å². The zero-order valence-electron chi connectivity index (χ0n) is 22.1. The van der Waals surface area contributed by atoms with Crippen molar-refractivity contribution in [3.05, 3.63) is 45.7 Å². The molecule has 1 atom stereocenters. The highest BCUT2D eigenvalue weighted by Gasteiger charge is 2.32. The van der Waals surface area contributed by atoms with Gasteiger partial charge in [-0.2, -0.15) is 0 Å². The first-order valence-electron chi connectivity index (χ1n) is 12.6. The molecule has 0 saturated carbocycles. The van der Waals surface area contributed by atoms with Crippen molar-refractivity contribution >= 4 is 50.5 Å². The molecule has 1 saturated heterocycles. The van der Waals surface area contributed by atoms with Gasteiger partial charge in [-0.15, -0.1) is 0 Å². The largest absolute Gasteiger partial charge is 0.465 e. The Balaban J connectivity index is 1.50. The molecule has 0 radical (unpaired) electrons. The number of piperazine rings is 1. The van der Waals surface area contributed by atoms with Gasteiger partial charge in [0.05, 0.1) is 29.5 Å². The van der Waals surface area contributed by atoms with Crippen molar-refractivity contribution in [3.63, 3.8) is 0 Å². The lowest BCUT2D eigenvalue weighted by Gasteiger charge is -2.41. The van der Waals surface area contributed by atoms with Gasteiger partial charge in [0.25, 0.3) is 0 Å². The second-order valence-corrected chi connectivity index (χ2v) is 12.2. The fraction of sp³-hybridized carbons (Fsp3) is 0.444. The van der Waals surface area contributed by atoms with E-state index in [9.17, 15) is 19.1 Å². The Hall–Kier alpha value is -2.99. The first-order valence-corrected chi connectivity index (χ1v) is 13.8. The van der Waals surface area contributed by atoms with Crippen molar-refractivity contribution in [2.75, 3.05) is 31.6 Å². The van der Waals surface area contributed by atoms with E-state index in [-0.39, 0.29) is 11.2 Å². The highest BCUT2D eigenvalue weighted by atomic mass is 35.5. The summed E-state index contributed by atoms with van der Waals surface area (Å²) in [6, 6.07) is 4.91. The van der Waals surface area contributed by atoms with E-state index in [1.54, 1.807) is 26.8 Å². The molecule has 208 valence electrons. The van der Waals surface area contributed by atoms with Crippen LogP contribution >= 0.6 is 22.9 Å². The van der Waals surface area contributed by atoms with Gasteiger partial charge in [0.1, 0.15) is 11.4 Å². The Morgan fingerprint density at radius 2 is 2.08 bits per heavy atom. The first-order chi connectivity index (χ1) is 18.4. The summed E-state index contributed by atoms with van der Waals surface area (Å²) in [6.45, 7) is 10.0. The average molecular weight is 577 g/mol. The van der Waals surface area contributed by atoms with E-state index >= 15 is 0 Å². The minimum atomic E-state index is -0.919. The van der Waals surface area contributed by atoms with Crippen molar-refractivity contribution in [2.24, 2.45) is 0 Å². The van der Waals surface area contributed by atoms with Crippen molar-refractivity contribution in [1.82, 2.24) is 14.8 Å². The maximum absolute atomic E-state index is 14.8. The fourth-order valence-electron chi connectivity index (χ4n) is 5.13. The number of anilines is 1. The van der Waals surface area contributed by atoms with Crippen LogP contribution < -0.4 is 5.32 Å². The fourth-order valence-corrected chi connectivity index (χ4v) is 6.38. The molecule has 0 bridgehead atoms. The molecule has 0 spiro atoms. The predicted molar refractivity (Wildman–Crippen MR) is 148 cm³/mol. The molecule has 2 aliphatic heterocycles. The van der Waals surface area contributed by atoms with Gasteiger partial charge in [-0.3, -0.25) is 10.2 Å². The SMILES string of the molecule is Cc1c2c(cc(Cl)c1-c1ccc(F)c3sc(NC(=O)OC(C)(C)C)nc13)CN1CCN(C(=O)O)C[C@@H]1COC2. The highest BCUT2D eigenvalue weighted by molar-refractivity contribution is 7.22. The number of rotatable bonds is 2. The molecule has 9 nitrogen and oxygen atoms in total. The topological polar surface area (TPSA) is 104 Å². The third-order valence-corrected chi connectivity index (χ3v) is 8.21. The summed E-state index contributed by atoms with van der Waals surface area (Å²) in [7, 11) is 0. The van der Waals surface area contributed by atoms with Gasteiger partial charge in [-0.25, -0.2) is 19.0 Å². The third-order valence-electron chi connectivity index (χ3n) is 6.93. The molecule has 0 aliphatic carbocycles. The Labute approximate surface area is 234 Å². The number of carbonyl (C=O) groups excluding carboxylic acids is 1. The monoisotopic (exact) mass is 576 g/mol. The van der Waals surface area contributed by atoms with Crippen molar-refractivity contribution in [2.45, 2.75) is 52.5 Å². The Morgan fingerprint density at radius 1 is 1.31 bits per heavy atom. The summed E-state index contributed by atoms with van der Waals surface area (Å²) in [5.41, 5.74) is 4.00. The van der Waals surface area contributed by atoms with Crippen molar-refractivity contribution in [1.29, 1.82) is 0 Å². The molecule has 3 aromatic rings. The summed E-state index contributed by atoms with van der Waals surface area (Å²) < 4.78 is 26.5. The molecular formula is C27H30ClFN4O5S. The van der Waals surface area contributed by atoms with Crippen LogP contribution in [0.1, 0.15) is 37.5 Å². The predicted octanol–water partition coefficient (Wildman–Crippen LogP) is 6.11. The van der Waals surface area contributed by atoms with Crippen LogP contribution in [0.2, 0.25) is 5.02 Å². The van der Waals surface area contributed by atoms with Crippen LogP contribution in [0.3, 0.4) is 0 Å². The minimum Gasteiger partial charge on any atom is -0.465 e. The van der Waals surface area contributed by atoms with Crippen molar-refractivity contribution in [3.8, 4) is 11.1 Å². The number of thiazole rings is 1. The van der Waals surface area contributed by atoms with E-state index in [0.29, 0.717) is 60.2 Å². The van der Waals surface area contributed by atoms with Crippen LogP contribution in [0.4, 0.5) is 19.1 Å². The van der Waals surface area contributed by atoms with Crippen LogP contribution in [-0.4, -0.2) is 70.0 Å². The number of fused-ring (bicyclic) bond motifs is 3. The second kappa shape index (κ2) is 10.5. The van der Waals surface area contributed by atoms with Crippen LogP contribution in [0, 0.1) is 12.7 Å². The van der Waals surface area contributed by atoms with Crippen LogP contribution in [0.15, 0.2) is 18.2 Å². The maximum atomic E-state index is 14.8. The van der Waals surface area contributed by atoms with E-state index in [1.807, 2.05) is 13.0 Å². The highest BCUT2D eigenvalue weighted by Crippen LogP contribution is 2.42. The lowest BCUT2D eigenvalue weighted by Crippen LogP contribution is -2.56. The van der Waals surface area contributed by atoms with E-state index < -0.39 is 23.6 Å². The molecule has 3 heterocycles. The summed E-state index contributed by atoms with van der Waals surface area (Å²) in [6.07, 6.45) is -1.59. The first kappa shape index (κ1) is 27.6. The third kappa shape index (κ3) is 5.67. The van der Waals surface area contributed by atoms with Crippen LogP contribution in [-0.2, 0) is 22.6 Å². The number of aromatic nitrogens is 1. The number of carbonyl (C=O) groups is 2. The molecule has 0 unspecified atom stereocenters. The lowest BCUT2D eigenvalue weighted by molar-refractivity contribution is -0.00316. The number of nitrogens with zero attached hydrogens (tertiary/aromatic N) is 3. The lowest BCUT2D eigenvalue weighted by atomic mass is 9.91. The van der Waals surface area contributed by atoms with Crippen molar-refractivity contribution < 1.29 is 28.6 Å². The normalized spacial score (nSPS) is 18.2. The van der Waals surface area contributed by atoms with Gasteiger partial charge in [0, 0.05) is 42.3 Å². The number of amides is 2. The average Bonchev–Trinajstić information content (AvgIpc) is 3.24. The number of halogens is 2. The number of benzene rings is 2. The molecule has 1 aromatic heterocycles. The molecular weight excluding hydrogens is 547 g/mol. The van der Waals surface area contributed by atoms with Gasteiger partial charge in [-0.05, 0) is 62.6 Å². The number of carboxylic acid groups (broad SMARTS) is 1. The number of hydrogen-bond acceptors (Lipinski definition) is 7. The molecule has 2 aliphatic rings. The summed E-state index contributed by atoms with van der Waals surface area (Å²) in [4.78, 5) is 32.0. The molecule has 5 rings (SSSR count). The molecule has 2 N–H and O–H groups in total. The summed E-state index contributed by atoms with van der Waals surface area (Å²) in [5.74, 6) is -0.446. The van der Waals surface area contributed by atoms with Crippen LogP contribution in [0.25, 0.3) is 21.3 Å².